The topological polar surface area (TPSA) is 86.1 Å². The van der Waals surface area contributed by atoms with E-state index in [9.17, 15) is 9.90 Å². The Bertz CT molecular complexity index is 1140. The Kier molecular flexibility index (Phi) is 6.01. The Morgan fingerprint density at radius 3 is 2.66 bits per heavy atom. The molecule has 2 saturated heterocycles. The van der Waals surface area contributed by atoms with Gasteiger partial charge in [-0.1, -0.05) is 24.6 Å². The first-order valence-electron chi connectivity index (χ1n) is 11.4. The number of pyridine rings is 1. The van der Waals surface area contributed by atoms with E-state index in [1.54, 1.807) is 6.07 Å². The van der Waals surface area contributed by atoms with Gasteiger partial charge in [0.25, 0.3) is 0 Å². The molecule has 1 N–H and O–H groups in total. The van der Waals surface area contributed by atoms with E-state index in [0.717, 1.165) is 61.4 Å². The van der Waals surface area contributed by atoms with Crippen molar-refractivity contribution in [3.05, 3.63) is 47.8 Å². The van der Waals surface area contributed by atoms with Crippen molar-refractivity contribution in [1.29, 1.82) is 0 Å². The standard InChI is InChI=1S/C24H27N5O2.Na/c30-24(31)19-13-20(28-12-10-18-16(14-28)9-11-25-18)21-22(15-5-4-6-15)27-29(23(21)26-19)17-7-2-1-3-8-17;/h1-3,7-8,13,15-16,18,25H,4-6,9-12,14H2,(H,30,31);/q;+1/p-1/t16-,18+;/m1./s1. The third-order valence-corrected chi connectivity index (χ3v) is 7.34. The molecule has 2 aromatic heterocycles. The minimum atomic E-state index is -1.24. The summed E-state index contributed by atoms with van der Waals surface area (Å²) in [6, 6.07) is 12.2. The molecule has 0 unspecified atom stereocenters. The molecule has 0 spiro atoms. The summed E-state index contributed by atoms with van der Waals surface area (Å²) in [5, 5.41) is 21.5. The molecule has 0 bridgehead atoms. The molecule has 3 aliphatic rings. The molecule has 1 aliphatic carbocycles. The SMILES string of the molecule is O=C([O-])c1cc(N2CC[C@@H]3NCC[C@@H]3C2)c2c(C3CCC3)nn(-c3ccccc3)c2n1.[Na+]. The van der Waals surface area contributed by atoms with Crippen molar-refractivity contribution in [3.63, 3.8) is 0 Å². The first-order chi connectivity index (χ1) is 15.2. The van der Waals surface area contributed by atoms with Crippen LogP contribution in [-0.2, 0) is 0 Å². The van der Waals surface area contributed by atoms with Gasteiger partial charge in [0.15, 0.2) is 5.65 Å². The van der Waals surface area contributed by atoms with Gasteiger partial charge in [-0.15, -0.1) is 0 Å². The van der Waals surface area contributed by atoms with Gasteiger partial charge >= 0.3 is 29.6 Å². The number of carboxylic acid groups (broad SMARTS) is 1. The first-order valence-corrected chi connectivity index (χ1v) is 11.4. The minimum Gasteiger partial charge on any atom is -0.543 e. The molecule has 8 heteroatoms. The van der Waals surface area contributed by atoms with Crippen LogP contribution in [0.4, 0.5) is 5.69 Å². The van der Waals surface area contributed by atoms with Gasteiger partial charge in [0, 0.05) is 25.0 Å². The number of carboxylic acids is 1. The van der Waals surface area contributed by atoms with E-state index in [-0.39, 0.29) is 35.3 Å². The molecular formula is C24H26N5NaO2. The van der Waals surface area contributed by atoms with Crippen LogP contribution in [0.1, 0.15) is 54.2 Å². The average molecular weight is 439 g/mol. The molecule has 2 atom stereocenters. The summed E-state index contributed by atoms with van der Waals surface area (Å²) < 4.78 is 1.82. The van der Waals surface area contributed by atoms with Crippen molar-refractivity contribution in [2.45, 2.75) is 44.1 Å². The fraction of sp³-hybridized carbons (Fsp3) is 0.458. The molecule has 3 aromatic rings. The number of nitrogens with one attached hydrogen (secondary N) is 1. The molecule has 32 heavy (non-hydrogen) atoms. The van der Waals surface area contributed by atoms with Gasteiger partial charge in [-0.25, -0.2) is 9.67 Å². The van der Waals surface area contributed by atoms with Crippen molar-refractivity contribution in [3.8, 4) is 5.69 Å². The van der Waals surface area contributed by atoms with Crippen LogP contribution < -0.4 is 44.9 Å². The number of hydrogen-bond acceptors (Lipinski definition) is 6. The monoisotopic (exact) mass is 439 g/mol. The molecule has 3 fully saturated rings. The molecule has 7 nitrogen and oxygen atoms in total. The molecular weight excluding hydrogens is 413 g/mol. The van der Waals surface area contributed by atoms with E-state index in [1.165, 1.54) is 12.8 Å². The number of piperidine rings is 1. The zero-order valence-corrected chi connectivity index (χ0v) is 20.5. The van der Waals surface area contributed by atoms with Crippen LogP contribution in [0.15, 0.2) is 36.4 Å². The summed E-state index contributed by atoms with van der Waals surface area (Å²) in [6.45, 7) is 2.91. The number of rotatable bonds is 4. The van der Waals surface area contributed by atoms with Crippen molar-refractivity contribution in [2.75, 3.05) is 24.5 Å². The number of carbonyl (C=O) groups excluding carboxylic acids is 1. The van der Waals surface area contributed by atoms with Crippen molar-refractivity contribution in [1.82, 2.24) is 20.1 Å². The quantitative estimate of drug-likeness (QED) is 0.538. The van der Waals surface area contributed by atoms with E-state index in [0.29, 0.717) is 23.5 Å². The number of benzene rings is 1. The molecule has 0 radical (unpaired) electrons. The van der Waals surface area contributed by atoms with E-state index in [4.69, 9.17) is 5.10 Å². The zero-order valence-electron chi connectivity index (χ0n) is 18.5. The predicted octanol–water partition coefficient (Wildman–Crippen LogP) is -0.756. The van der Waals surface area contributed by atoms with Gasteiger partial charge in [0.05, 0.1) is 34.1 Å². The van der Waals surface area contributed by atoms with E-state index in [1.807, 2.05) is 35.0 Å². The van der Waals surface area contributed by atoms with Crippen LogP contribution >= 0.6 is 0 Å². The zero-order chi connectivity index (χ0) is 20.9. The van der Waals surface area contributed by atoms with Crippen molar-refractivity contribution in [2.24, 2.45) is 5.92 Å². The summed E-state index contributed by atoms with van der Waals surface area (Å²) in [4.78, 5) is 18.8. The van der Waals surface area contributed by atoms with E-state index in [2.05, 4.69) is 15.2 Å². The Labute approximate surface area is 209 Å². The third-order valence-electron chi connectivity index (χ3n) is 7.34. The summed E-state index contributed by atoms with van der Waals surface area (Å²) in [7, 11) is 0. The summed E-state index contributed by atoms with van der Waals surface area (Å²) in [6.07, 6.45) is 5.69. The molecule has 0 amide bonds. The second-order valence-corrected chi connectivity index (χ2v) is 9.12. The maximum absolute atomic E-state index is 11.9. The summed E-state index contributed by atoms with van der Waals surface area (Å²) in [5.41, 5.74) is 3.51. The Balaban J connectivity index is 0.00000216. The third kappa shape index (κ3) is 3.65. The molecule has 2 aliphatic heterocycles. The largest absolute Gasteiger partial charge is 1.00 e. The Morgan fingerprint density at radius 2 is 1.94 bits per heavy atom. The number of nitrogens with zero attached hydrogens (tertiary/aromatic N) is 4. The summed E-state index contributed by atoms with van der Waals surface area (Å²) >= 11 is 0. The van der Waals surface area contributed by atoms with Gasteiger partial charge in [0.1, 0.15) is 0 Å². The van der Waals surface area contributed by atoms with Gasteiger partial charge in [-0.3, -0.25) is 0 Å². The number of fused-ring (bicyclic) bond motifs is 2. The summed E-state index contributed by atoms with van der Waals surface area (Å²) in [5.74, 6) is -0.237. The fourth-order valence-electron chi connectivity index (χ4n) is 5.46. The van der Waals surface area contributed by atoms with Crippen molar-refractivity contribution < 1.29 is 39.5 Å². The van der Waals surface area contributed by atoms with Crippen LogP contribution in [0.25, 0.3) is 16.7 Å². The van der Waals surface area contributed by atoms with Crippen LogP contribution in [0.2, 0.25) is 0 Å². The number of aromatic carboxylic acids is 1. The van der Waals surface area contributed by atoms with Crippen LogP contribution in [-0.4, -0.2) is 46.4 Å². The van der Waals surface area contributed by atoms with E-state index >= 15 is 0 Å². The Morgan fingerprint density at radius 1 is 1.12 bits per heavy atom. The van der Waals surface area contributed by atoms with Crippen molar-refractivity contribution >= 4 is 22.7 Å². The van der Waals surface area contributed by atoms with Gasteiger partial charge in [-0.05, 0) is 56.3 Å². The fourth-order valence-corrected chi connectivity index (χ4v) is 5.46. The minimum absolute atomic E-state index is 0. The maximum Gasteiger partial charge on any atom is 1.00 e. The number of aromatic nitrogens is 3. The second kappa shape index (κ2) is 8.78. The molecule has 6 rings (SSSR count). The average Bonchev–Trinajstić information content (AvgIpc) is 3.37. The molecule has 1 saturated carbocycles. The Hall–Kier alpha value is -1.93. The first kappa shape index (κ1) is 21.9. The van der Waals surface area contributed by atoms with Crippen LogP contribution in [0.3, 0.4) is 0 Å². The predicted molar refractivity (Wildman–Crippen MR) is 117 cm³/mol. The molecule has 1 aromatic carbocycles. The normalized spacial score (nSPS) is 22.9. The van der Waals surface area contributed by atoms with Crippen LogP contribution in [0.5, 0.6) is 0 Å². The number of anilines is 1. The number of para-hydroxylation sites is 1. The van der Waals surface area contributed by atoms with E-state index < -0.39 is 5.97 Å². The van der Waals surface area contributed by atoms with Gasteiger partial charge < -0.3 is 20.1 Å². The number of hydrogen-bond donors (Lipinski definition) is 1. The smallest absolute Gasteiger partial charge is 0.543 e. The molecule has 160 valence electrons. The van der Waals surface area contributed by atoms with Gasteiger partial charge in [-0.2, -0.15) is 5.10 Å². The molecule has 4 heterocycles. The second-order valence-electron chi connectivity index (χ2n) is 9.12. The maximum atomic E-state index is 11.9. The van der Waals surface area contributed by atoms with Crippen LogP contribution in [0, 0.1) is 5.92 Å². The number of carbonyl (C=O) groups is 1. The van der Waals surface area contributed by atoms with Gasteiger partial charge in [0.2, 0.25) is 0 Å².